The lowest BCUT2D eigenvalue weighted by molar-refractivity contribution is -0.954. The van der Waals surface area contributed by atoms with Crippen LogP contribution in [-0.2, 0) is 11.3 Å². The van der Waals surface area contributed by atoms with Crippen LogP contribution in [0.5, 0.6) is 0 Å². The van der Waals surface area contributed by atoms with Crippen LogP contribution in [0, 0.1) is 6.92 Å². The third kappa shape index (κ3) is 2.23. The first-order valence-corrected chi connectivity index (χ1v) is 6.68. The number of morpholine rings is 1. The van der Waals surface area contributed by atoms with E-state index in [1.165, 1.54) is 17.7 Å². The monoisotopic (exact) mass is 234 g/mol. The molecule has 3 N–H and O–H groups in total. The molecule has 2 aliphatic rings. The van der Waals surface area contributed by atoms with Gasteiger partial charge in [0.25, 0.3) is 0 Å². The molecule has 1 atom stereocenters. The maximum atomic E-state index is 5.47. The maximum Gasteiger partial charge on any atom is 0.163 e. The van der Waals surface area contributed by atoms with Crippen LogP contribution in [0.4, 0.5) is 0 Å². The van der Waals surface area contributed by atoms with Crippen LogP contribution in [0.2, 0.25) is 0 Å². The number of quaternary nitrogens is 2. The van der Waals surface area contributed by atoms with Crippen molar-refractivity contribution in [3.05, 3.63) is 34.9 Å². The summed E-state index contributed by atoms with van der Waals surface area (Å²) in [6.07, 6.45) is 0. The van der Waals surface area contributed by atoms with Crippen LogP contribution in [0.25, 0.3) is 0 Å². The van der Waals surface area contributed by atoms with Gasteiger partial charge < -0.3 is 15.0 Å². The van der Waals surface area contributed by atoms with Crippen molar-refractivity contribution in [3.63, 3.8) is 0 Å². The zero-order chi connectivity index (χ0) is 11.7. The Hall–Kier alpha value is -0.900. The molecule has 1 saturated heterocycles. The fraction of sp³-hybridized carbons (Fsp3) is 0.571. The van der Waals surface area contributed by atoms with Gasteiger partial charge in [-0.15, -0.1) is 0 Å². The molecule has 2 aliphatic heterocycles. The van der Waals surface area contributed by atoms with Crippen molar-refractivity contribution in [1.82, 2.24) is 0 Å². The minimum atomic E-state index is 0.669. The summed E-state index contributed by atoms with van der Waals surface area (Å²) in [5.74, 6) is 0. The van der Waals surface area contributed by atoms with Gasteiger partial charge in [-0.3, -0.25) is 0 Å². The summed E-state index contributed by atoms with van der Waals surface area (Å²) in [5, 5.41) is 2.45. The molecule has 0 bridgehead atoms. The standard InChI is InChI=1S/C14H20N2O/c1-11-2-3-12-9-15-10-14(13(12)8-11)16-4-6-17-7-5-16/h2-3,8,14-15H,4-7,9-10H2,1H3/p+2/t14-/m1/s1. The number of hydrogen-bond acceptors (Lipinski definition) is 1. The molecular weight excluding hydrogens is 212 g/mol. The molecule has 3 heteroatoms. The first-order chi connectivity index (χ1) is 8.34. The van der Waals surface area contributed by atoms with Gasteiger partial charge in [0.1, 0.15) is 26.2 Å². The highest BCUT2D eigenvalue weighted by Crippen LogP contribution is 2.19. The first kappa shape index (κ1) is 11.2. The number of fused-ring (bicyclic) bond motifs is 1. The predicted octanol–water partition coefficient (Wildman–Crippen LogP) is -0.972. The molecule has 0 saturated carbocycles. The lowest BCUT2D eigenvalue weighted by Crippen LogP contribution is -3.17. The Labute approximate surface area is 103 Å². The largest absolute Gasteiger partial charge is 0.370 e. The van der Waals surface area contributed by atoms with E-state index in [1.807, 2.05) is 0 Å². The molecule has 0 radical (unpaired) electrons. The second-order valence-corrected chi connectivity index (χ2v) is 5.25. The van der Waals surface area contributed by atoms with Gasteiger partial charge in [-0.05, 0) is 13.0 Å². The Balaban J connectivity index is 1.89. The number of nitrogens with two attached hydrogens (primary N) is 1. The minimum Gasteiger partial charge on any atom is -0.370 e. The number of aryl methyl sites for hydroxylation is 1. The number of hydrogen-bond donors (Lipinski definition) is 2. The summed E-state index contributed by atoms with van der Waals surface area (Å²) in [4.78, 5) is 1.71. The molecule has 0 aliphatic carbocycles. The van der Waals surface area contributed by atoms with Gasteiger partial charge in [-0.1, -0.05) is 17.7 Å². The molecule has 3 nitrogen and oxygen atoms in total. The summed E-state index contributed by atoms with van der Waals surface area (Å²) in [6, 6.07) is 7.62. The highest BCUT2D eigenvalue weighted by Gasteiger charge is 2.32. The van der Waals surface area contributed by atoms with E-state index in [0.717, 1.165) is 32.8 Å². The molecule has 1 aromatic carbocycles. The van der Waals surface area contributed by atoms with Gasteiger partial charge in [-0.2, -0.15) is 0 Å². The number of ether oxygens (including phenoxy) is 1. The maximum absolute atomic E-state index is 5.47. The Kier molecular flexibility index (Phi) is 3.14. The van der Waals surface area contributed by atoms with Gasteiger partial charge >= 0.3 is 0 Å². The lowest BCUT2D eigenvalue weighted by Gasteiger charge is -2.33. The second kappa shape index (κ2) is 4.77. The van der Waals surface area contributed by atoms with E-state index in [9.17, 15) is 0 Å². The van der Waals surface area contributed by atoms with E-state index in [1.54, 1.807) is 10.5 Å². The van der Waals surface area contributed by atoms with E-state index in [0.29, 0.717) is 6.04 Å². The summed E-state index contributed by atoms with van der Waals surface area (Å²) < 4.78 is 5.47. The minimum absolute atomic E-state index is 0.669. The quantitative estimate of drug-likeness (QED) is 0.643. The molecule has 0 amide bonds. The Morgan fingerprint density at radius 3 is 2.94 bits per heavy atom. The average Bonchev–Trinajstić information content (AvgIpc) is 2.39. The van der Waals surface area contributed by atoms with E-state index in [2.05, 4.69) is 30.4 Å². The third-order valence-corrected chi connectivity index (χ3v) is 4.07. The summed E-state index contributed by atoms with van der Waals surface area (Å²) in [6.45, 7) is 8.74. The van der Waals surface area contributed by atoms with Gasteiger partial charge in [0.15, 0.2) is 6.04 Å². The fourth-order valence-corrected chi connectivity index (χ4v) is 3.13. The number of nitrogens with one attached hydrogen (secondary N) is 1. The smallest absolute Gasteiger partial charge is 0.163 e. The van der Waals surface area contributed by atoms with Crippen LogP contribution >= 0.6 is 0 Å². The lowest BCUT2D eigenvalue weighted by atomic mass is 9.93. The molecule has 1 fully saturated rings. The summed E-state index contributed by atoms with van der Waals surface area (Å²) >= 11 is 0. The average molecular weight is 234 g/mol. The van der Waals surface area contributed by atoms with E-state index >= 15 is 0 Å². The topological polar surface area (TPSA) is 30.3 Å². The summed E-state index contributed by atoms with van der Waals surface area (Å²) in [5.41, 5.74) is 4.51. The van der Waals surface area contributed by atoms with Crippen molar-refractivity contribution in [3.8, 4) is 0 Å². The second-order valence-electron chi connectivity index (χ2n) is 5.25. The number of rotatable bonds is 1. The molecule has 92 valence electrons. The molecule has 2 heterocycles. The van der Waals surface area contributed by atoms with Crippen LogP contribution in [0.3, 0.4) is 0 Å². The molecule has 0 unspecified atom stereocenters. The fourth-order valence-electron chi connectivity index (χ4n) is 3.13. The Bertz CT molecular complexity index is 399. The molecule has 0 spiro atoms. The molecule has 1 aromatic rings. The van der Waals surface area contributed by atoms with E-state index in [4.69, 9.17) is 4.74 Å². The van der Waals surface area contributed by atoms with Crippen LogP contribution in [0.1, 0.15) is 22.7 Å². The van der Waals surface area contributed by atoms with Crippen molar-refractivity contribution in [2.45, 2.75) is 19.5 Å². The molecule has 0 aromatic heterocycles. The predicted molar refractivity (Wildman–Crippen MR) is 65.9 cm³/mol. The van der Waals surface area contributed by atoms with Crippen LogP contribution in [-0.4, -0.2) is 32.8 Å². The van der Waals surface area contributed by atoms with Crippen molar-refractivity contribution >= 4 is 0 Å². The van der Waals surface area contributed by atoms with E-state index < -0.39 is 0 Å². The van der Waals surface area contributed by atoms with E-state index in [-0.39, 0.29) is 0 Å². The SMILES string of the molecule is Cc1ccc2c(c1)[C@H]([NH+]1CCOCC1)C[NH2+]C2. The molecule has 17 heavy (non-hydrogen) atoms. The Morgan fingerprint density at radius 2 is 2.12 bits per heavy atom. The first-order valence-electron chi connectivity index (χ1n) is 6.68. The molecular formula is C14H22N2O+2. The zero-order valence-corrected chi connectivity index (χ0v) is 10.5. The zero-order valence-electron chi connectivity index (χ0n) is 10.5. The number of benzene rings is 1. The summed E-state index contributed by atoms with van der Waals surface area (Å²) in [7, 11) is 0. The van der Waals surface area contributed by atoms with Crippen molar-refractivity contribution < 1.29 is 15.0 Å². The van der Waals surface area contributed by atoms with Gasteiger partial charge in [-0.25, -0.2) is 0 Å². The highest BCUT2D eigenvalue weighted by atomic mass is 16.5. The normalized spacial score (nSPS) is 25.6. The van der Waals surface area contributed by atoms with Gasteiger partial charge in [0.05, 0.1) is 13.2 Å². The van der Waals surface area contributed by atoms with Crippen molar-refractivity contribution in [2.24, 2.45) is 0 Å². The van der Waals surface area contributed by atoms with Gasteiger partial charge in [0.2, 0.25) is 0 Å². The third-order valence-electron chi connectivity index (χ3n) is 4.07. The van der Waals surface area contributed by atoms with Crippen molar-refractivity contribution in [1.29, 1.82) is 0 Å². The highest BCUT2D eigenvalue weighted by molar-refractivity contribution is 5.33. The van der Waals surface area contributed by atoms with Crippen LogP contribution < -0.4 is 10.2 Å². The van der Waals surface area contributed by atoms with Crippen molar-refractivity contribution in [2.75, 3.05) is 32.8 Å². The Morgan fingerprint density at radius 1 is 1.29 bits per heavy atom. The molecule has 3 rings (SSSR count). The van der Waals surface area contributed by atoms with Gasteiger partial charge in [0, 0.05) is 11.1 Å². The van der Waals surface area contributed by atoms with Crippen LogP contribution in [0.15, 0.2) is 18.2 Å².